The van der Waals surface area contributed by atoms with Gasteiger partial charge in [-0.3, -0.25) is 10.1 Å². The van der Waals surface area contributed by atoms with Crippen LogP contribution in [-0.2, 0) is 0 Å². The van der Waals surface area contributed by atoms with Gasteiger partial charge >= 0.3 is 0 Å². The lowest BCUT2D eigenvalue weighted by atomic mass is 10.1. The van der Waals surface area contributed by atoms with E-state index in [1.807, 2.05) is 44.2 Å². The molecule has 0 saturated carbocycles. The number of nitrogens with one attached hydrogen (secondary N) is 1. The van der Waals surface area contributed by atoms with Crippen molar-refractivity contribution in [2.24, 2.45) is 0 Å². The van der Waals surface area contributed by atoms with Gasteiger partial charge in [-0.05, 0) is 24.3 Å². The molecule has 0 aliphatic heterocycles. The number of carbonyl (C=O) groups excluding carboxylic acids is 1. The molecule has 7 heteroatoms. The molecule has 3 heterocycles. The van der Waals surface area contributed by atoms with Gasteiger partial charge in [-0.15, -0.1) is 10.2 Å². The quantitative estimate of drug-likeness (QED) is 0.566. The minimum atomic E-state index is -0.247. The van der Waals surface area contributed by atoms with Crippen molar-refractivity contribution < 1.29 is 9.21 Å². The van der Waals surface area contributed by atoms with E-state index in [9.17, 15) is 4.79 Å². The number of carbonyl (C=O) groups is 1. The highest BCUT2D eigenvalue weighted by Crippen LogP contribution is 2.27. The second-order valence-corrected chi connectivity index (χ2v) is 7.11. The standard InChI is InChI=1S/C19H16N4O2S/c1-11(2)18-22-23-19(26-18)21-17(24)13-10-15(16-8-5-9-25-16)20-14-7-4-3-6-12(13)14/h3-11H,1-2H3,(H,21,23,24). The lowest BCUT2D eigenvalue weighted by molar-refractivity contribution is 0.102. The minimum Gasteiger partial charge on any atom is -0.463 e. The molecule has 0 aliphatic rings. The van der Waals surface area contributed by atoms with Crippen LogP contribution in [0.1, 0.15) is 35.1 Å². The van der Waals surface area contributed by atoms with Crippen LogP contribution in [0.2, 0.25) is 0 Å². The van der Waals surface area contributed by atoms with E-state index >= 15 is 0 Å². The molecule has 4 aromatic rings. The molecule has 130 valence electrons. The van der Waals surface area contributed by atoms with Crippen LogP contribution in [0.3, 0.4) is 0 Å². The zero-order valence-electron chi connectivity index (χ0n) is 14.3. The number of fused-ring (bicyclic) bond motifs is 1. The van der Waals surface area contributed by atoms with Gasteiger partial charge in [0.15, 0.2) is 5.76 Å². The van der Waals surface area contributed by atoms with E-state index in [1.54, 1.807) is 18.4 Å². The molecule has 0 unspecified atom stereocenters. The number of hydrogen-bond donors (Lipinski definition) is 1. The van der Waals surface area contributed by atoms with Crippen molar-refractivity contribution in [2.75, 3.05) is 5.32 Å². The number of para-hydroxylation sites is 1. The Labute approximate surface area is 153 Å². The van der Waals surface area contributed by atoms with Crippen LogP contribution in [0.15, 0.2) is 53.1 Å². The summed E-state index contributed by atoms with van der Waals surface area (Å²) < 4.78 is 5.44. The second kappa shape index (κ2) is 6.68. The highest BCUT2D eigenvalue weighted by molar-refractivity contribution is 7.15. The monoisotopic (exact) mass is 364 g/mol. The Balaban J connectivity index is 1.75. The molecule has 0 radical (unpaired) electrons. The molecule has 26 heavy (non-hydrogen) atoms. The molecular weight excluding hydrogens is 348 g/mol. The number of hydrogen-bond acceptors (Lipinski definition) is 6. The first kappa shape index (κ1) is 16.4. The largest absolute Gasteiger partial charge is 0.463 e. The van der Waals surface area contributed by atoms with E-state index in [0.29, 0.717) is 22.1 Å². The highest BCUT2D eigenvalue weighted by Gasteiger charge is 2.17. The molecule has 3 aromatic heterocycles. The molecular formula is C19H16N4O2S. The van der Waals surface area contributed by atoms with Gasteiger partial charge in [0.25, 0.3) is 5.91 Å². The molecule has 0 spiro atoms. The fourth-order valence-corrected chi connectivity index (χ4v) is 3.34. The first-order chi connectivity index (χ1) is 12.6. The molecule has 0 saturated heterocycles. The fraction of sp³-hybridized carbons (Fsp3) is 0.158. The predicted octanol–water partition coefficient (Wildman–Crippen LogP) is 4.72. The average molecular weight is 364 g/mol. The number of nitrogens with zero attached hydrogens (tertiary/aromatic N) is 3. The lowest BCUT2D eigenvalue weighted by Gasteiger charge is -2.08. The van der Waals surface area contributed by atoms with Crippen LogP contribution >= 0.6 is 11.3 Å². The van der Waals surface area contributed by atoms with Gasteiger partial charge in [-0.1, -0.05) is 43.4 Å². The Morgan fingerprint density at radius 3 is 2.73 bits per heavy atom. The molecule has 1 N–H and O–H groups in total. The lowest BCUT2D eigenvalue weighted by Crippen LogP contribution is -2.13. The summed E-state index contributed by atoms with van der Waals surface area (Å²) in [5, 5.41) is 13.2. The Hall–Kier alpha value is -3.06. The number of anilines is 1. The zero-order valence-corrected chi connectivity index (χ0v) is 15.1. The van der Waals surface area contributed by atoms with Gasteiger partial charge in [0, 0.05) is 11.3 Å². The highest BCUT2D eigenvalue weighted by atomic mass is 32.1. The average Bonchev–Trinajstić information content (AvgIpc) is 3.32. The summed E-state index contributed by atoms with van der Waals surface area (Å²) in [7, 11) is 0. The van der Waals surface area contributed by atoms with Crippen LogP contribution < -0.4 is 5.32 Å². The van der Waals surface area contributed by atoms with Crippen molar-refractivity contribution in [1.82, 2.24) is 15.2 Å². The molecule has 0 atom stereocenters. The van der Waals surface area contributed by atoms with E-state index in [0.717, 1.165) is 15.9 Å². The maximum atomic E-state index is 12.9. The van der Waals surface area contributed by atoms with Gasteiger partial charge in [0.1, 0.15) is 10.7 Å². The summed E-state index contributed by atoms with van der Waals surface area (Å²) in [6.07, 6.45) is 1.58. The summed E-state index contributed by atoms with van der Waals surface area (Å²) in [4.78, 5) is 17.5. The zero-order chi connectivity index (χ0) is 18.1. The van der Waals surface area contributed by atoms with Crippen LogP contribution in [0.4, 0.5) is 5.13 Å². The van der Waals surface area contributed by atoms with Crippen molar-refractivity contribution in [3.8, 4) is 11.5 Å². The normalized spacial score (nSPS) is 11.2. The topological polar surface area (TPSA) is 80.9 Å². The van der Waals surface area contributed by atoms with E-state index < -0.39 is 0 Å². The van der Waals surface area contributed by atoms with Crippen LogP contribution in [-0.4, -0.2) is 21.1 Å². The summed E-state index contributed by atoms with van der Waals surface area (Å²) >= 11 is 1.38. The van der Waals surface area contributed by atoms with Crippen molar-refractivity contribution in [2.45, 2.75) is 19.8 Å². The Morgan fingerprint density at radius 2 is 2.00 bits per heavy atom. The van der Waals surface area contributed by atoms with Gasteiger partial charge < -0.3 is 4.42 Å². The van der Waals surface area contributed by atoms with Crippen LogP contribution in [0.5, 0.6) is 0 Å². The molecule has 1 aromatic carbocycles. The molecule has 0 aliphatic carbocycles. The third-order valence-electron chi connectivity index (χ3n) is 3.89. The number of aromatic nitrogens is 3. The SMILES string of the molecule is CC(C)c1nnc(NC(=O)c2cc(-c3ccco3)nc3ccccc23)s1. The molecule has 1 amide bonds. The number of amides is 1. The van der Waals surface area contributed by atoms with Crippen LogP contribution in [0, 0.1) is 0 Å². The first-order valence-electron chi connectivity index (χ1n) is 8.20. The van der Waals surface area contributed by atoms with Crippen molar-refractivity contribution in [3.63, 3.8) is 0 Å². The number of benzene rings is 1. The Bertz CT molecular complexity index is 1070. The smallest absolute Gasteiger partial charge is 0.258 e. The molecule has 0 fully saturated rings. The summed E-state index contributed by atoms with van der Waals surface area (Å²) in [6, 6.07) is 12.9. The van der Waals surface area contributed by atoms with Gasteiger partial charge in [0.2, 0.25) is 5.13 Å². The summed E-state index contributed by atoms with van der Waals surface area (Å²) in [6.45, 7) is 4.08. The van der Waals surface area contributed by atoms with Gasteiger partial charge in [0.05, 0.1) is 17.3 Å². The van der Waals surface area contributed by atoms with Crippen molar-refractivity contribution in [3.05, 3.63) is 59.3 Å². The summed E-state index contributed by atoms with van der Waals surface area (Å²) in [5.41, 5.74) is 1.86. The Kier molecular flexibility index (Phi) is 4.22. The van der Waals surface area contributed by atoms with Crippen LogP contribution in [0.25, 0.3) is 22.4 Å². The van der Waals surface area contributed by atoms with Gasteiger partial charge in [-0.25, -0.2) is 4.98 Å². The summed E-state index contributed by atoms with van der Waals surface area (Å²) in [5.74, 6) is 0.635. The fourth-order valence-electron chi connectivity index (χ4n) is 2.60. The number of pyridine rings is 1. The second-order valence-electron chi connectivity index (χ2n) is 6.10. The third kappa shape index (κ3) is 3.09. The number of furan rings is 1. The predicted molar refractivity (Wildman–Crippen MR) is 101 cm³/mol. The maximum absolute atomic E-state index is 12.9. The molecule has 0 bridgehead atoms. The van der Waals surface area contributed by atoms with Crippen molar-refractivity contribution >= 4 is 33.3 Å². The van der Waals surface area contributed by atoms with Crippen molar-refractivity contribution in [1.29, 1.82) is 0 Å². The van der Waals surface area contributed by atoms with Gasteiger partial charge in [-0.2, -0.15) is 0 Å². The van der Waals surface area contributed by atoms with E-state index in [2.05, 4.69) is 20.5 Å². The maximum Gasteiger partial charge on any atom is 0.258 e. The van der Waals surface area contributed by atoms with E-state index in [-0.39, 0.29) is 11.8 Å². The third-order valence-corrected chi connectivity index (χ3v) is 5.03. The van der Waals surface area contributed by atoms with E-state index in [1.165, 1.54) is 11.3 Å². The minimum absolute atomic E-state index is 0.247. The molecule has 6 nitrogen and oxygen atoms in total. The Morgan fingerprint density at radius 1 is 1.15 bits per heavy atom. The first-order valence-corrected chi connectivity index (χ1v) is 9.02. The van der Waals surface area contributed by atoms with E-state index in [4.69, 9.17) is 4.42 Å². The number of rotatable bonds is 4. The molecule has 4 rings (SSSR count).